The Hall–Kier alpha value is -2.69. The van der Waals surface area contributed by atoms with Crippen LogP contribution < -0.4 is 5.32 Å². The number of pyridine rings is 2. The summed E-state index contributed by atoms with van der Waals surface area (Å²) in [7, 11) is 0. The molecule has 3 heterocycles. The van der Waals surface area contributed by atoms with Gasteiger partial charge in [0.2, 0.25) is 0 Å². The van der Waals surface area contributed by atoms with Gasteiger partial charge in [0.15, 0.2) is 0 Å². The second-order valence-corrected chi connectivity index (χ2v) is 4.77. The average molecular weight is 280 g/mol. The molecule has 0 atom stereocenters. The first-order chi connectivity index (χ1) is 10.3. The number of amides is 1. The first-order valence-electron chi connectivity index (χ1n) is 6.94. The maximum absolute atomic E-state index is 11.8. The second kappa shape index (κ2) is 6.17. The van der Waals surface area contributed by atoms with Gasteiger partial charge in [0, 0.05) is 31.6 Å². The minimum Gasteiger partial charge on any atom is -0.352 e. The van der Waals surface area contributed by atoms with E-state index in [-0.39, 0.29) is 5.91 Å². The molecule has 3 aromatic heterocycles. The number of nitrogens with one attached hydrogen (secondary N) is 1. The molecular weight excluding hydrogens is 264 g/mol. The van der Waals surface area contributed by atoms with Gasteiger partial charge >= 0.3 is 0 Å². The number of aryl methyl sites for hydroxylation is 1. The van der Waals surface area contributed by atoms with Crippen LogP contribution in [0.25, 0.3) is 5.52 Å². The van der Waals surface area contributed by atoms with Gasteiger partial charge in [-0.25, -0.2) is 4.98 Å². The topological polar surface area (TPSA) is 59.3 Å². The van der Waals surface area contributed by atoms with Crippen molar-refractivity contribution in [3.8, 4) is 0 Å². The number of nitrogens with zero attached hydrogens (tertiary/aromatic N) is 3. The Morgan fingerprint density at radius 3 is 3.00 bits per heavy atom. The lowest BCUT2D eigenvalue weighted by Gasteiger charge is -2.05. The van der Waals surface area contributed by atoms with E-state index in [0.29, 0.717) is 12.1 Å². The Bertz CT molecular complexity index is 736. The zero-order valence-electron chi connectivity index (χ0n) is 11.6. The van der Waals surface area contributed by atoms with Gasteiger partial charge in [0.05, 0.1) is 17.3 Å². The predicted molar refractivity (Wildman–Crippen MR) is 80.1 cm³/mol. The van der Waals surface area contributed by atoms with Gasteiger partial charge in [0.25, 0.3) is 5.91 Å². The summed E-state index contributed by atoms with van der Waals surface area (Å²) >= 11 is 0. The monoisotopic (exact) mass is 280 g/mol. The number of carbonyl (C=O) groups is 1. The summed E-state index contributed by atoms with van der Waals surface area (Å²) in [5.74, 6) is 0.928. The van der Waals surface area contributed by atoms with E-state index in [0.717, 1.165) is 24.2 Å². The number of hydrogen-bond acceptors (Lipinski definition) is 3. The normalized spacial score (nSPS) is 10.7. The number of hydrogen-bond donors (Lipinski definition) is 1. The van der Waals surface area contributed by atoms with Crippen molar-refractivity contribution in [1.82, 2.24) is 19.7 Å². The molecule has 5 heteroatoms. The van der Waals surface area contributed by atoms with Gasteiger partial charge in [-0.05, 0) is 30.7 Å². The van der Waals surface area contributed by atoms with E-state index in [1.54, 1.807) is 24.5 Å². The maximum atomic E-state index is 11.8. The van der Waals surface area contributed by atoms with Crippen LogP contribution in [0, 0.1) is 0 Å². The standard InChI is InChI=1S/C16H16N4O/c21-16(13-5-3-8-17-11-13)18-9-4-7-15-19-12-14-6-1-2-10-20(14)15/h1-3,5-6,8,10-12H,4,7,9H2,(H,18,21). The van der Waals surface area contributed by atoms with Gasteiger partial charge < -0.3 is 9.72 Å². The summed E-state index contributed by atoms with van der Waals surface area (Å²) in [4.78, 5) is 20.2. The fraction of sp³-hybridized carbons (Fsp3) is 0.188. The van der Waals surface area contributed by atoms with Gasteiger partial charge in [-0.3, -0.25) is 9.78 Å². The Kier molecular flexibility index (Phi) is 3.91. The van der Waals surface area contributed by atoms with Crippen molar-refractivity contribution in [3.63, 3.8) is 0 Å². The molecule has 0 saturated carbocycles. The SMILES string of the molecule is O=C(NCCCc1ncc2ccccn12)c1cccnc1. The lowest BCUT2D eigenvalue weighted by atomic mass is 10.2. The lowest BCUT2D eigenvalue weighted by molar-refractivity contribution is 0.0953. The Labute approximate surface area is 122 Å². The van der Waals surface area contributed by atoms with Crippen LogP contribution in [-0.2, 0) is 6.42 Å². The highest BCUT2D eigenvalue weighted by Crippen LogP contribution is 2.07. The van der Waals surface area contributed by atoms with E-state index < -0.39 is 0 Å². The van der Waals surface area contributed by atoms with E-state index >= 15 is 0 Å². The van der Waals surface area contributed by atoms with Crippen LogP contribution in [0.2, 0.25) is 0 Å². The van der Waals surface area contributed by atoms with Crippen LogP contribution >= 0.6 is 0 Å². The molecule has 3 aromatic rings. The van der Waals surface area contributed by atoms with Crippen molar-refractivity contribution < 1.29 is 4.79 Å². The first kappa shape index (κ1) is 13.3. The summed E-state index contributed by atoms with van der Waals surface area (Å²) in [5.41, 5.74) is 1.68. The van der Waals surface area contributed by atoms with Crippen molar-refractivity contribution in [3.05, 3.63) is 66.5 Å². The number of rotatable bonds is 5. The van der Waals surface area contributed by atoms with E-state index in [4.69, 9.17) is 0 Å². The molecule has 21 heavy (non-hydrogen) atoms. The number of fused-ring (bicyclic) bond motifs is 1. The molecule has 0 radical (unpaired) electrons. The molecule has 0 aromatic carbocycles. The number of carbonyl (C=O) groups excluding carboxylic acids is 1. The van der Waals surface area contributed by atoms with E-state index in [1.165, 1.54) is 0 Å². The molecule has 0 aliphatic heterocycles. The molecule has 0 unspecified atom stereocenters. The van der Waals surface area contributed by atoms with Crippen molar-refractivity contribution in [2.24, 2.45) is 0 Å². The summed E-state index contributed by atoms with van der Waals surface area (Å²) in [5, 5.41) is 2.89. The molecule has 0 fully saturated rings. The second-order valence-electron chi connectivity index (χ2n) is 4.77. The third kappa shape index (κ3) is 3.08. The minimum atomic E-state index is -0.0870. The quantitative estimate of drug-likeness (QED) is 0.728. The van der Waals surface area contributed by atoms with E-state index in [2.05, 4.69) is 19.7 Å². The molecule has 0 aliphatic carbocycles. The molecule has 1 N–H and O–H groups in total. The highest BCUT2D eigenvalue weighted by Gasteiger charge is 2.05. The highest BCUT2D eigenvalue weighted by atomic mass is 16.1. The first-order valence-corrected chi connectivity index (χ1v) is 6.94. The van der Waals surface area contributed by atoms with Gasteiger partial charge in [-0.1, -0.05) is 6.07 Å². The van der Waals surface area contributed by atoms with Crippen molar-refractivity contribution >= 4 is 11.4 Å². The third-order valence-corrected chi connectivity index (χ3v) is 3.30. The van der Waals surface area contributed by atoms with Crippen LogP contribution in [0.15, 0.2) is 55.1 Å². The van der Waals surface area contributed by atoms with Crippen molar-refractivity contribution in [2.75, 3.05) is 6.54 Å². The van der Waals surface area contributed by atoms with Crippen LogP contribution in [-0.4, -0.2) is 26.8 Å². The molecular formula is C16H16N4O. The van der Waals surface area contributed by atoms with E-state index in [1.807, 2.05) is 30.6 Å². The van der Waals surface area contributed by atoms with Gasteiger partial charge in [0.1, 0.15) is 5.82 Å². The maximum Gasteiger partial charge on any atom is 0.252 e. The third-order valence-electron chi connectivity index (χ3n) is 3.30. The zero-order valence-corrected chi connectivity index (χ0v) is 11.6. The molecule has 0 spiro atoms. The smallest absolute Gasteiger partial charge is 0.252 e. The summed E-state index contributed by atoms with van der Waals surface area (Å²) in [6.07, 6.45) is 8.76. The fourth-order valence-corrected chi connectivity index (χ4v) is 2.23. The molecule has 0 saturated heterocycles. The largest absolute Gasteiger partial charge is 0.352 e. The Morgan fingerprint density at radius 1 is 1.19 bits per heavy atom. The zero-order chi connectivity index (χ0) is 14.5. The average Bonchev–Trinajstić information content (AvgIpc) is 2.95. The molecule has 3 rings (SSSR count). The van der Waals surface area contributed by atoms with Gasteiger partial charge in [-0.2, -0.15) is 0 Å². The summed E-state index contributed by atoms with van der Waals surface area (Å²) < 4.78 is 2.07. The predicted octanol–water partition coefficient (Wildman–Crippen LogP) is 2.09. The Balaban J connectivity index is 1.52. The van der Waals surface area contributed by atoms with Crippen LogP contribution in [0.3, 0.4) is 0 Å². The lowest BCUT2D eigenvalue weighted by Crippen LogP contribution is -2.24. The van der Waals surface area contributed by atoms with Crippen molar-refractivity contribution in [1.29, 1.82) is 0 Å². The molecule has 5 nitrogen and oxygen atoms in total. The summed E-state index contributed by atoms with van der Waals surface area (Å²) in [6, 6.07) is 9.52. The molecule has 1 amide bonds. The summed E-state index contributed by atoms with van der Waals surface area (Å²) in [6.45, 7) is 0.621. The molecule has 106 valence electrons. The van der Waals surface area contributed by atoms with Crippen LogP contribution in [0.5, 0.6) is 0 Å². The fourth-order valence-electron chi connectivity index (χ4n) is 2.23. The van der Waals surface area contributed by atoms with Crippen molar-refractivity contribution in [2.45, 2.75) is 12.8 Å². The molecule has 0 bridgehead atoms. The minimum absolute atomic E-state index is 0.0870. The number of imidazole rings is 1. The number of aromatic nitrogens is 3. The molecule has 0 aliphatic rings. The van der Waals surface area contributed by atoms with Crippen LogP contribution in [0.1, 0.15) is 22.6 Å². The Morgan fingerprint density at radius 2 is 2.14 bits per heavy atom. The highest BCUT2D eigenvalue weighted by molar-refractivity contribution is 5.93. The van der Waals surface area contributed by atoms with E-state index in [9.17, 15) is 4.79 Å². The van der Waals surface area contributed by atoms with Crippen LogP contribution in [0.4, 0.5) is 0 Å². The van der Waals surface area contributed by atoms with Gasteiger partial charge in [-0.15, -0.1) is 0 Å².